The average molecular weight is 449 g/mol. The Morgan fingerprint density at radius 1 is 0.909 bits per heavy atom. The molecule has 0 radical (unpaired) electrons. The molecule has 4 rings (SSSR count). The Balaban J connectivity index is 1.44. The minimum absolute atomic E-state index is 0.0430. The van der Waals surface area contributed by atoms with Crippen LogP contribution in [0.2, 0.25) is 0 Å². The summed E-state index contributed by atoms with van der Waals surface area (Å²) in [6, 6.07) is 11.1. The van der Waals surface area contributed by atoms with E-state index in [0.717, 1.165) is 17.2 Å². The Bertz CT molecular complexity index is 1120. The van der Waals surface area contributed by atoms with Crippen LogP contribution >= 0.6 is 0 Å². The molecule has 172 valence electrons. The molecular formula is C24H28N6O3. The zero-order chi connectivity index (χ0) is 23.4. The van der Waals surface area contributed by atoms with Gasteiger partial charge in [0.2, 0.25) is 0 Å². The first-order chi connectivity index (χ1) is 15.9. The van der Waals surface area contributed by atoms with Gasteiger partial charge in [-0.3, -0.25) is 4.79 Å². The predicted octanol–water partition coefficient (Wildman–Crippen LogP) is 3.21. The van der Waals surface area contributed by atoms with E-state index in [1.165, 1.54) is 0 Å². The van der Waals surface area contributed by atoms with Crippen molar-refractivity contribution in [3.63, 3.8) is 0 Å². The molecule has 1 aliphatic rings. The highest BCUT2D eigenvalue weighted by Gasteiger charge is 2.24. The van der Waals surface area contributed by atoms with Gasteiger partial charge in [-0.05, 0) is 43.7 Å². The lowest BCUT2D eigenvalue weighted by Crippen LogP contribution is -2.49. The zero-order valence-electron chi connectivity index (χ0n) is 19.3. The molecule has 0 atom stereocenters. The van der Waals surface area contributed by atoms with Crippen molar-refractivity contribution in [2.45, 2.75) is 13.8 Å². The molecule has 9 heteroatoms. The number of anilines is 3. The molecule has 1 fully saturated rings. The third kappa shape index (κ3) is 5.31. The van der Waals surface area contributed by atoms with Gasteiger partial charge in [0.15, 0.2) is 0 Å². The molecular weight excluding hydrogens is 420 g/mol. The van der Waals surface area contributed by atoms with E-state index in [2.05, 4.69) is 25.2 Å². The van der Waals surface area contributed by atoms with Crippen LogP contribution in [-0.2, 0) is 0 Å². The Morgan fingerprint density at radius 2 is 1.61 bits per heavy atom. The molecule has 0 spiro atoms. The molecule has 1 aliphatic heterocycles. The van der Waals surface area contributed by atoms with Crippen molar-refractivity contribution >= 4 is 23.4 Å². The predicted molar refractivity (Wildman–Crippen MR) is 127 cm³/mol. The standard InChI is InChI=1S/C24H28N6O3/c1-16-5-6-25-21(11-16)28-22-15-23(27-17(2)26-22)29-7-9-30(10-8-29)24(31)18-12-19(32-3)14-20(13-18)33-4/h5-6,11-15H,7-10H2,1-4H3,(H,25,26,27,28). The van der Waals surface area contributed by atoms with Crippen molar-refractivity contribution in [2.75, 3.05) is 50.6 Å². The second kappa shape index (κ2) is 9.72. The second-order valence-electron chi connectivity index (χ2n) is 7.88. The highest BCUT2D eigenvalue weighted by Crippen LogP contribution is 2.25. The summed E-state index contributed by atoms with van der Waals surface area (Å²) in [4.78, 5) is 30.5. The van der Waals surface area contributed by atoms with Crippen LogP contribution in [0.15, 0.2) is 42.6 Å². The first-order valence-electron chi connectivity index (χ1n) is 10.8. The molecule has 0 bridgehead atoms. The normalized spacial score (nSPS) is 13.6. The molecule has 1 aromatic carbocycles. The molecule has 1 saturated heterocycles. The van der Waals surface area contributed by atoms with Crippen molar-refractivity contribution < 1.29 is 14.3 Å². The molecule has 3 heterocycles. The minimum atomic E-state index is -0.0430. The summed E-state index contributed by atoms with van der Waals surface area (Å²) < 4.78 is 10.6. The van der Waals surface area contributed by atoms with Crippen LogP contribution in [0.4, 0.5) is 17.5 Å². The largest absolute Gasteiger partial charge is 0.497 e. The smallest absolute Gasteiger partial charge is 0.254 e. The van der Waals surface area contributed by atoms with Crippen LogP contribution in [0.5, 0.6) is 11.5 Å². The Labute approximate surface area is 193 Å². The lowest BCUT2D eigenvalue weighted by molar-refractivity contribution is 0.0745. The first-order valence-corrected chi connectivity index (χ1v) is 10.8. The molecule has 9 nitrogen and oxygen atoms in total. The van der Waals surface area contributed by atoms with Gasteiger partial charge in [-0.2, -0.15) is 0 Å². The fraction of sp³-hybridized carbons (Fsp3) is 0.333. The number of aryl methyl sites for hydroxylation is 2. The first kappa shape index (κ1) is 22.3. The lowest BCUT2D eigenvalue weighted by Gasteiger charge is -2.35. The number of aromatic nitrogens is 3. The minimum Gasteiger partial charge on any atom is -0.497 e. The molecule has 0 unspecified atom stereocenters. The Morgan fingerprint density at radius 3 is 2.24 bits per heavy atom. The monoisotopic (exact) mass is 448 g/mol. The lowest BCUT2D eigenvalue weighted by atomic mass is 10.1. The highest BCUT2D eigenvalue weighted by molar-refractivity contribution is 5.95. The number of benzene rings is 1. The third-order valence-electron chi connectivity index (χ3n) is 5.49. The van der Waals surface area contributed by atoms with Gasteiger partial charge in [-0.25, -0.2) is 15.0 Å². The van der Waals surface area contributed by atoms with Gasteiger partial charge >= 0.3 is 0 Å². The fourth-order valence-electron chi connectivity index (χ4n) is 3.77. The molecule has 33 heavy (non-hydrogen) atoms. The van der Waals surface area contributed by atoms with Gasteiger partial charge in [0, 0.05) is 50.1 Å². The number of nitrogens with zero attached hydrogens (tertiary/aromatic N) is 5. The molecule has 0 aliphatic carbocycles. The van der Waals surface area contributed by atoms with E-state index in [1.807, 2.05) is 36.9 Å². The topological polar surface area (TPSA) is 92.7 Å². The zero-order valence-corrected chi connectivity index (χ0v) is 19.3. The van der Waals surface area contributed by atoms with E-state index >= 15 is 0 Å². The van der Waals surface area contributed by atoms with E-state index in [9.17, 15) is 4.79 Å². The fourth-order valence-corrected chi connectivity index (χ4v) is 3.77. The Kier molecular flexibility index (Phi) is 6.58. The van der Waals surface area contributed by atoms with Gasteiger partial charge in [-0.1, -0.05) is 0 Å². The van der Waals surface area contributed by atoms with E-state index in [-0.39, 0.29) is 5.91 Å². The summed E-state index contributed by atoms with van der Waals surface area (Å²) in [6.45, 7) is 6.41. The SMILES string of the molecule is COc1cc(OC)cc(C(=O)N2CCN(c3cc(Nc4cc(C)ccn4)nc(C)n3)CC2)c1. The highest BCUT2D eigenvalue weighted by atomic mass is 16.5. The number of nitrogens with one attached hydrogen (secondary N) is 1. The van der Waals surface area contributed by atoms with E-state index in [0.29, 0.717) is 54.9 Å². The van der Waals surface area contributed by atoms with Crippen LogP contribution in [0, 0.1) is 13.8 Å². The van der Waals surface area contributed by atoms with Crippen molar-refractivity contribution in [2.24, 2.45) is 0 Å². The quantitative estimate of drug-likeness (QED) is 0.615. The maximum Gasteiger partial charge on any atom is 0.254 e. The van der Waals surface area contributed by atoms with Gasteiger partial charge in [0.05, 0.1) is 14.2 Å². The summed E-state index contributed by atoms with van der Waals surface area (Å²) in [5.74, 6) is 4.07. The number of pyridine rings is 1. The molecule has 1 N–H and O–H groups in total. The van der Waals surface area contributed by atoms with Crippen LogP contribution in [0.3, 0.4) is 0 Å². The average Bonchev–Trinajstić information content (AvgIpc) is 2.83. The van der Waals surface area contributed by atoms with E-state index in [1.54, 1.807) is 38.6 Å². The van der Waals surface area contributed by atoms with E-state index in [4.69, 9.17) is 9.47 Å². The number of hydrogen-bond donors (Lipinski definition) is 1. The maximum atomic E-state index is 13.1. The van der Waals surface area contributed by atoms with Gasteiger partial charge in [0.1, 0.15) is 34.8 Å². The summed E-state index contributed by atoms with van der Waals surface area (Å²) in [7, 11) is 3.15. The van der Waals surface area contributed by atoms with Crippen LogP contribution in [0.1, 0.15) is 21.7 Å². The van der Waals surface area contributed by atoms with Gasteiger partial charge in [0.25, 0.3) is 5.91 Å². The van der Waals surface area contributed by atoms with E-state index < -0.39 is 0 Å². The second-order valence-corrected chi connectivity index (χ2v) is 7.88. The summed E-state index contributed by atoms with van der Waals surface area (Å²) >= 11 is 0. The summed E-state index contributed by atoms with van der Waals surface area (Å²) in [5, 5.41) is 3.26. The number of hydrogen-bond acceptors (Lipinski definition) is 8. The maximum absolute atomic E-state index is 13.1. The van der Waals surface area contributed by atoms with Crippen LogP contribution in [-0.4, -0.2) is 66.2 Å². The number of carbonyl (C=O) groups is 1. The number of piperazine rings is 1. The van der Waals surface area contributed by atoms with Crippen molar-refractivity contribution in [3.8, 4) is 11.5 Å². The number of ether oxygens (including phenoxy) is 2. The van der Waals surface area contributed by atoms with Crippen molar-refractivity contribution in [1.29, 1.82) is 0 Å². The number of carbonyl (C=O) groups excluding carboxylic acids is 1. The molecule has 3 aromatic rings. The number of rotatable bonds is 6. The van der Waals surface area contributed by atoms with Crippen LogP contribution < -0.4 is 19.7 Å². The van der Waals surface area contributed by atoms with Gasteiger partial charge < -0.3 is 24.6 Å². The summed E-state index contributed by atoms with van der Waals surface area (Å²) in [5.41, 5.74) is 1.67. The number of amides is 1. The Hall–Kier alpha value is -3.88. The molecule has 2 aromatic heterocycles. The van der Waals surface area contributed by atoms with Crippen molar-refractivity contribution in [1.82, 2.24) is 19.9 Å². The van der Waals surface area contributed by atoms with Crippen molar-refractivity contribution in [3.05, 3.63) is 59.5 Å². The summed E-state index contributed by atoms with van der Waals surface area (Å²) in [6.07, 6.45) is 1.76. The third-order valence-corrected chi connectivity index (χ3v) is 5.49. The van der Waals surface area contributed by atoms with Crippen LogP contribution in [0.25, 0.3) is 0 Å². The molecule has 1 amide bonds. The van der Waals surface area contributed by atoms with Gasteiger partial charge in [-0.15, -0.1) is 0 Å². The number of methoxy groups -OCH3 is 2. The molecule has 0 saturated carbocycles.